The summed E-state index contributed by atoms with van der Waals surface area (Å²) in [4.78, 5) is 13.0. The molecule has 0 heterocycles. The van der Waals surface area contributed by atoms with E-state index < -0.39 is 10.0 Å². The first-order valence-corrected chi connectivity index (χ1v) is 11.9. The van der Waals surface area contributed by atoms with E-state index in [-0.39, 0.29) is 23.4 Å². The third-order valence-corrected chi connectivity index (χ3v) is 7.54. The second-order valence-electron chi connectivity index (χ2n) is 7.35. The Balaban J connectivity index is 1.85. The Labute approximate surface area is 178 Å². The number of hydrogen-bond donors (Lipinski definition) is 1. The zero-order chi connectivity index (χ0) is 20.9. The van der Waals surface area contributed by atoms with Gasteiger partial charge in [0.05, 0.1) is 11.4 Å². The molecule has 1 aliphatic carbocycles. The lowest BCUT2D eigenvalue weighted by Crippen LogP contribution is -2.45. The molecule has 0 spiro atoms. The van der Waals surface area contributed by atoms with Gasteiger partial charge in [-0.05, 0) is 55.2 Å². The minimum Gasteiger partial charge on any atom is -0.325 e. The lowest BCUT2D eigenvalue weighted by atomic mass is 9.95. The highest BCUT2D eigenvalue weighted by Crippen LogP contribution is 2.28. The van der Waals surface area contributed by atoms with Gasteiger partial charge in [0.15, 0.2) is 0 Å². The summed E-state index contributed by atoms with van der Waals surface area (Å²) in [6, 6.07) is 13.5. The second-order valence-corrected chi connectivity index (χ2v) is 9.68. The van der Waals surface area contributed by atoms with Gasteiger partial charge in [-0.15, -0.1) is 0 Å². The number of hydrogen-bond acceptors (Lipinski definition) is 3. The Morgan fingerprint density at radius 3 is 2.38 bits per heavy atom. The summed E-state index contributed by atoms with van der Waals surface area (Å²) < 4.78 is 28.1. The Morgan fingerprint density at radius 2 is 1.72 bits per heavy atom. The molecule has 3 rings (SSSR count). The fraction of sp³-hybridized carbons (Fsp3) is 0.409. The first-order chi connectivity index (χ1) is 13.9. The van der Waals surface area contributed by atoms with Crippen molar-refractivity contribution in [3.8, 4) is 0 Å². The number of carbonyl (C=O) groups excluding carboxylic acids is 1. The predicted molar refractivity (Wildman–Crippen MR) is 117 cm³/mol. The Bertz CT molecular complexity index is 939. The maximum atomic E-state index is 13.4. The van der Waals surface area contributed by atoms with Gasteiger partial charge in [-0.2, -0.15) is 4.31 Å². The highest BCUT2D eigenvalue weighted by molar-refractivity contribution is 7.89. The summed E-state index contributed by atoms with van der Waals surface area (Å²) in [5.41, 5.74) is 1.75. The van der Waals surface area contributed by atoms with Crippen molar-refractivity contribution in [1.82, 2.24) is 4.31 Å². The summed E-state index contributed by atoms with van der Waals surface area (Å²) >= 11 is 5.92. The molecular formula is C22H27ClN2O3S. The van der Waals surface area contributed by atoms with Crippen LogP contribution >= 0.6 is 11.6 Å². The number of halogens is 1. The van der Waals surface area contributed by atoms with E-state index in [1.165, 1.54) is 16.4 Å². The average molecular weight is 435 g/mol. The molecule has 0 aromatic heterocycles. The van der Waals surface area contributed by atoms with Crippen LogP contribution in [-0.4, -0.2) is 31.2 Å². The molecular weight excluding hydrogens is 408 g/mol. The molecule has 2 aromatic carbocycles. The highest BCUT2D eigenvalue weighted by Gasteiger charge is 2.34. The average Bonchev–Trinajstić information content (AvgIpc) is 2.73. The number of sulfonamides is 1. The molecule has 0 unspecified atom stereocenters. The molecule has 0 aliphatic heterocycles. The first kappa shape index (κ1) is 21.8. The summed E-state index contributed by atoms with van der Waals surface area (Å²) in [6.07, 6.45) is 5.36. The molecule has 0 bridgehead atoms. The lowest BCUT2D eigenvalue weighted by molar-refractivity contribution is -0.116. The van der Waals surface area contributed by atoms with E-state index in [4.69, 9.17) is 11.6 Å². The van der Waals surface area contributed by atoms with Gasteiger partial charge in [-0.25, -0.2) is 8.42 Å². The number of carbonyl (C=O) groups is 1. The van der Waals surface area contributed by atoms with Crippen molar-refractivity contribution < 1.29 is 13.2 Å². The zero-order valence-electron chi connectivity index (χ0n) is 16.6. The van der Waals surface area contributed by atoms with Crippen LogP contribution in [0.4, 0.5) is 5.69 Å². The van der Waals surface area contributed by atoms with E-state index in [0.717, 1.165) is 49.8 Å². The molecule has 0 saturated heterocycles. The maximum Gasteiger partial charge on any atom is 0.243 e. The minimum atomic E-state index is -3.81. The van der Waals surface area contributed by atoms with Crippen LogP contribution in [0.3, 0.4) is 0 Å². The topological polar surface area (TPSA) is 66.5 Å². The number of para-hydroxylation sites is 1. The van der Waals surface area contributed by atoms with Gasteiger partial charge in [-0.1, -0.05) is 56.0 Å². The van der Waals surface area contributed by atoms with Crippen LogP contribution < -0.4 is 5.32 Å². The second kappa shape index (κ2) is 9.74. The van der Waals surface area contributed by atoms with Crippen LogP contribution in [0.25, 0.3) is 0 Å². The van der Waals surface area contributed by atoms with Crippen LogP contribution in [0.5, 0.6) is 0 Å². The van der Waals surface area contributed by atoms with Gasteiger partial charge < -0.3 is 5.32 Å². The monoisotopic (exact) mass is 434 g/mol. The Kier molecular flexibility index (Phi) is 7.33. The van der Waals surface area contributed by atoms with Crippen LogP contribution in [-0.2, 0) is 21.2 Å². The van der Waals surface area contributed by atoms with Crippen molar-refractivity contribution in [2.45, 2.75) is 56.4 Å². The molecule has 29 heavy (non-hydrogen) atoms. The van der Waals surface area contributed by atoms with E-state index in [9.17, 15) is 13.2 Å². The number of benzene rings is 2. The molecule has 156 valence electrons. The van der Waals surface area contributed by atoms with Crippen molar-refractivity contribution >= 4 is 33.2 Å². The van der Waals surface area contributed by atoms with E-state index in [0.29, 0.717) is 5.02 Å². The number of aryl methyl sites for hydroxylation is 1. The summed E-state index contributed by atoms with van der Waals surface area (Å²) in [7, 11) is -3.81. The van der Waals surface area contributed by atoms with Gasteiger partial charge in [-0.3, -0.25) is 4.79 Å². The van der Waals surface area contributed by atoms with Crippen LogP contribution in [0, 0.1) is 0 Å². The molecule has 7 heteroatoms. The molecule has 1 N–H and O–H groups in total. The molecule has 0 radical (unpaired) electrons. The normalized spacial score (nSPS) is 15.4. The van der Waals surface area contributed by atoms with E-state index >= 15 is 0 Å². The van der Waals surface area contributed by atoms with Crippen LogP contribution in [0.15, 0.2) is 53.4 Å². The minimum absolute atomic E-state index is 0.161. The molecule has 1 aliphatic rings. The van der Waals surface area contributed by atoms with E-state index in [1.807, 2.05) is 31.2 Å². The standard InChI is InChI=1S/C22H27ClN2O3S/c1-2-17-8-6-7-11-21(17)24-22(26)16-25(19-9-4-3-5-10-19)29(27,28)20-14-12-18(23)13-15-20/h6-8,11-15,19H,2-5,9-10,16H2,1H3,(H,24,26). The van der Waals surface area contributed by atoms with Crippen LogP contribution in [0.2, 0.25) is 5.02 Å². The largest absolute Gasteiger partial charge is 0.325 e. The van der Waals surface area contributed by atoms with Gasteiger partial charge >= 0.3 is 0 Å². The number of anilines is 1. The van der Waals surface area contributed by atoms with Gasteiger partial charge in [0, 0.05) is 16.8 Å². The summed E-state index contributed by atoms with van der Waals surface area (Å²) in [5.74, 6) is -0.325. The van der Waals surface area contributed by atoms with Crippen LogP contribution in [0.1, 0.15) is 44.6 Å². The molecule has 1 fully saturated rings. The van der Waals surface area contributed by atoms with E-state index in [1.54, 1.807) is 12.1 Å². The number of nitrogens with zero attached hydrogens (tertiary/aromatic N) is 1. The molecule has 1 saturated carbocycles. The number of nitrogens with one attached hydrogen (secondary N) is 1. The van der Waals surface area contributed by atoms with Crippen molar-refractivity contribution in [2.75, 3.05) is 11.9 Å². The first-order valence-electron chi connectivity index (χ1n) is 10.1. The number of amides is 1. The quantitative estimate of drug-likeness (QED) is 0.676. The van der Waals surface area contributed by atoms with Gasteiger partial charge in [0.25, 0.3) is 0 Å². The van der Waals surface area contributed by atoms with Gasteiger partial charge in [0.2, 0.25) is 15.9 Å². The smallest absolute Gasteiger partial charge is 0.243 e. The fourth-order valence-corrected chi connectivity index (χ4v) is 5.57. The highest BCUT2D eigenvalue weighted by atomic mass is 35.5. The molecule has 2 aromatic rings. The predicted octanol–water partition coefficient (Wildman–Crippen LogP) is 4.86. The van der Waals surface area contributed by atoms with Crippen molar-refractivity contribution in [3.05, 3.63) is 59.1 Å². The van der Waals surface area contributed by atoms with E-state index in [2.05, 4.69) is 5.32 Å². The van der Waals surface area contributed by atoms with Crippen molar-refractivity contribution in [3.63, 3.8) is 0 Å². The third-order valence-electron chi connectivity index (χ3n) is 5.37. The van der Waals surface area contributed by atoms with Gasteiger partial charge in [0.1, 0.15) is 0 Å². The third kappa shape index (κ3) is 5.38. The molecule has 1 amide bonds. The van der Waals surface area contributed by atoms with Crippen molar-refractivity contribution in [2.24, 2.45) is 0 Å². The Morgan fingerprint density at radius 1 is 1.07 bits per heavy atom. The summed E-state index contributed by atoms with van der Waals surface area (Å²) in [5, 5.41) is 3.37. The molecule has 0 atom stereocenters. The maximum absolute atomic E-state index is 13.4. The Hall–Kier alpha value is -1.89. The van der Waals surface area contributed by atoms with Crippen molar-refractivity contribution in [1.29, 1.82) is 0 Å². The molecule has 5 nitrogen and oxygen atoms in total. The number of rotatable bonds is 7. The SMILES string of the molecule is CCc1ccccc1NC(=O)CN(C1CCCCC1)S(=O)(=O)c1ccc(Cl)cc1. The fourth-order valence-electron chi connectivity index (χ4n) is 3.80. The summed E-state index contributed by atoms with van der Waals surface area (Å²) in [6.45, 7) is 1.82. The zero-order valence-corrected chi connectivity index (χ0v) is 18.2. The lowest BCUT2D eigenvalue weighted by Gasteiger charge is -2.33.